The highest BCUT2D eigenvalue weighted by atomic mass is 35.5. The Bertz CT molecular complexity index is 503. The van der Waals surface area contributed by atoms with Crippen LogP contribution in [0, 0.1) is 16.0 Å². The molecule has 1 heterocycles. The molecular formula is C12H17ClN4O3. The van der Waals surface area contributed by atoms with Crippen LogP contribution in [0.5, 0.6) is 0 Å². The van der Waals surface area contributed by atoms with Gasteiger partial charge in [-0.25, -0.2) is 9.97 Å². The standard InChI is InChI=1S/C12H17ClN4O3/c1-8-2-4-12(6-18,5-3-8)16-11-9(17(19)20)10(13)14-7-15-11/h7-8,18H,2-6H2,1H3,(H,14,15,16). The van der Waals surface area contributed by atoms with E-state index < -0.39 is 10.5 Å². The van der Waals surface area contributed by atoms with Crippen molar-refractivity contribution in [3.63, 3.8) is 0 Å². The Hall–Kier alpha value is -1.47. The molecule has 0 aromatic carbocycles. The van der Waals surface area contributed by atoms with Gasteiger partial charge in [0.15, 0.2) is 0 Å². The van der Waals surface area contributed by atoms with E-state index in [1.807, 2.05) is 0 Å². The van der Waals surface area contributed by atoms with Gasteiger partial charge in [-0.2, -0.15) is 0 Å². The predicted molar refractivity (Wildman–Crippen MR) is 74.8 cm³/mol. The van der Waals surface area contributed by atoms with Gasteiger partial charge in [-0.3, -0.25) is 10.1 Å². The summed E-state index contributed by atoms with van der Waals surface area (Å²) in [4.78, 5) is 18.0. The zero-order valence-corrected chi connectivity index (χ0v) is 11.9. The monoisotopic (exact) mass is 300 g/mol. The van der Waals surface area contributed by atoms with Gasteiger partial charge in [0.2, 0.25) is 11.0 Å². The Labute approximate surface area is 121 Å². The summed E-state index contributed by atoms with van der Waals surface area (Å²) in [5.74, 6) is 0.666. The highest BCUT2D eigenvalue weighted by Crippen LogP contribution is 2.37. The Morgan fingerprint density at radius 3 is 2.75 bits per heavy atom. The summed E-state index contributed by atoms with van der Waals surface area (Å²) in [6, 6.07) is 0. The van der Waals surface area contributed by atoms with E-state index in [0.717, 1.165) is 25.7 Å². The van der Waals surface area contributed by atoms with Crippen molar-refractivity contribution < 1.29 is 10.0 Å². The first-order valence-corrected chi connectivity index (χ1v) is 6.89. The van der Waals surface area contributed by atoms with E-state index in [0.29, 0.717) is 5.92 Å². The molecule has 0 spiro atoms. The summed E-state index contributed by atoms with van der Waals surface area (Å²) in [7, 11) is 0. The van der Waals surface area contributed by atoms with Gasteiger partial charge in [0.25, 0.3) is 0 Å². The van der Waals surface area contributed by atoms with Crippen LogP contribution in [-0.2, 0) is 0 Å². The topological polar surface area (TPSA) is 101 Å². The summed E-state index contributed by atoms with van der Waals surface area (Å²) in [5, 5.41) is 23.6. The molecule has 1 fully saturated rings. The molecule has 0 atom stereocenters. The molecule has 20 heavy (non-hydrogen) atoms. The van der Waals surface area contributed by atoms with E-state index in [4.69, 9.17) is 11.6 Å². The summed E-state index contributed by atoms with van der Waals surface area (Å²) in [6.07, 6.45) is 4.57. The molecule has 0 bridgehead atoms. The number of aliphatic hydroxyl groups excluding tert-OH is 1. The lowest BCUT2D eigenvalue weighted by molar-refractivity contribution is -0.384. The molecule has 1 aliphatic carbocycles. The smallest absolute Gasteiger partial charge is 0.348 e. The highest BCUT2D eigenvalue weighted by molar-refractivity contribution is 6.31. The van der Waals surface area contributed by atoms with Gasteiger partial charge in [-0.05, 0) is 31.6 Å². The molecule has 0 amide bonds. The molecule has 2 rings (SSSR count). The predicted octanol–water partition coefficient (Wildman–Crippen LogP) is 2.39. The van der Waals surface area contributed by atoms with Gasteiger partial charge in [-0.15, -0.1) is 0 Å². The Kier molecular flexibility index (Phi) is 4.39. The fourth-order valence-corrected chi connectivity index (χ4v) is 2.70. The number of nitrogens with zero attached hydrogens (tertiary/aromatic N) is 3. The summed E-state index contributed by atoms with van der Waals surface area (Å²) in [5.41, 5.74) is -0.921. The number of rotatable bonds is 4. The number of anilines is 1. The molecule has 1 aromatic heterocycles. The van der Waals surface area contributed by atoms with Crippen molar-refractivity contribution in [2.24, 2.45) is 5.92 Å². The second-order valence-electron chi connectivity index (χ2n) is 5.36. The van der Waals surface area contributed by atoms with Crippen LogP contribution in [0.2, 0.25) is 5.15 Å². The van der Waals surface area contributed by atoms with Gasteiger partial charge in [0.05, 0.1) is 17.1 Å². The van der Waals surface area contributed by atoms with Gasteiger partial charge in [0, 0.05) is 0 Å². The lowest BCUT2D eigenvalue weighted by Gasteiger charge is -2.38. The number of aromatic nitrogens is 2. The third kappa shape index (κ3) is 2.99. The third-order valence-electron chi connectivity index (χ3n) is 3.88. The van der Waals surface area contributed by atoms with Crippen molar-refractivity contribution in [2.75, 3.05) is 11.9 Å². The zero-order valence-electron chi connectivity index (χ0n) is 11.2. The Morgan fingerprint density at radius 1 is 1.55 bits per heavy atom. The molecule has 0 saturated heterocycles. The summed E-state index contributed by atoms with van der Waals surface area (Å²) < 4.78 is 0. The van der Waals surface area contributed by atoms with E-state index in [-0.39, 0.29) is 23.3 Å². The van der Waals surface area contributed by atoms with Crippen molar-refractivity contribution in [3.8, 4) is 0 Å². The molecule has 0 radical (unpaired) electrons. The second kappa shape index (κ2) is 5.88. The molecule has 110 valence electrons. The van der Waals surface area contributed by atoms with E-state index in [1.165, 1.54) is 6.33 Å². The molecule has 8 heteroatoms. The van der Waals surface area contributed by atoms with Crippen LogP contribution in [0.1, 0.15) is 32.6 Å². The normalized spacial score (nSPS) is 26.2. The maximum atomic E-state index is 11.1. The van der Waals surface area contributed by atoms with E-state index in [9.17, 15) is 15.2 Å². The number of halogens is 1. The van der Waals surface area contributed by atoms with E-state index >= 15 is 0 Å². The Morgan fingerprint density at radius 2 is 2.20 bits per heavy atom. The number of hydrogen-bond acceptors (Lipinski definition) is 6. The fraction of sp³-hybridized carbons (Fsp3) is 0.667. The maximum absolute atomic E-state index is 11.1. The minimum atomic E-state index is -0.610. The maximum Gasteiger partial charge on any atom is 0.348 e. The number of aliphatic hydroxyl groups is 1. The van der Waals surface area contributed by atoms with Crippen LogP contribution in [0.15, 0.2) is 6.33 Å². The van der Waals surface area contributed by atoms with Crippen molar-refractivity contribution in [1.29, 1.82) is 0 Å². The number of nitro groups is 1. The Balaban J connectivity index is 2.28. The van der Waals surface area contributed by atoms with Crippen molar-refractivity contribution >= 4 is 23.1 Å². The number of hydrogen-bond donors (Lipinski definition) is 2. The molecule has 1 aromatic rings. The minimum absolute atomic E-state index is 0.0682. The van der Waals surface area contributed by atoms with Gasteiger partial charge >= 0.3 is 5.69 Å². The van der Waals surface area contributed by atoms with Gasteiger partial charge in [0.1, 0.15) is 6.33 Å². The summed E-state index contributed by atoms with van der Waals surface area (Å²) in [6.45, 7) is 2.06. The quantitative estimate of drug-likeness (QED) is 0.503. The van der Waals surface area contributed by atoms with Crippen LogP contribution in [0.3, 0.4) is 0 Å². The average molecular weight is 301 g/mol. The van der Waals surface area contributed by atoms with Crippen LogP contribution >= 0.6 is 11.6 Å². The first-order valence-electron chi connectivity index (χ1n) is 6.51. The van der Waals surface area contributed by atoms with Gasteiger partial charge < -0.3 is 10.4 Å². The fourth-order valence-electron chi connectivity index (χ4n) is 2.50. The van der Waals surface area contributed by atoms with Crippen LogP contribution < -0.4 is 5.32 Å². The molecule has 7 nitrogen and oxygen atoms in total. The molecule has 2 N–H and O–H groups in total. The van der Waals surface area contributed by atoms with E-state index in [1.54, 1.807) is 0 Å². The molecule has 1 saturated carbocycles. The average Bonchev–Trinajstić information content (AvgIpc) is 2.41. The SMILES string of the molecule is CC1CCC(CO)(Nc2ncnc(Cl)c2[N+](=O)[O-])CC1. The minimum Gasteiger partial charge on any atom is -0.394 e. The first kappa shape index (κ1) is 14.9. The molecule has 0 aliphatic heterocycles. The highest BCUT2D eigenvalue weighted by Gasteiger charge is 2.36. The van der Waals surface area contributed by atoms with Crippen LogP contribution in [0.25, 0.3) is 0 Å². The third-order valence-corrected chi connectivity index (χ3v) is 4.15. The molecular weight excluding hydrogens is 284 g/mol. The number of nitrogens with one attached hydrogen (secondary N) is 1. The first-order chi connectivity index (χ1) is 9.47. The lowest BCUT2D eigenvalue weighted by Crippen LogP contribution is -2.45. The summed E-state index contributed by atoms with van der Waals surface area (Å²) >= 11 is 5.76. The second-order valence-corrected chi connectivity index (χ2v) is 5.72. The van der Waals surface area contributed by atoms with E-state index in [2.05, 4.69) is 22.2 Å². The van der Waals surface area contributed by atoms with Crippen LogP contribution in [0.4, 0.5) is 11.5 Å². The van der Waals surface area contributed by atoms with Crippen molar-refractivity contribution in [3.05, 3.63) is 21.6 Å². The molecule has 1 aliphatic rings. The van der Waals surface area contributed by atoms with Crippen LogP contribution in [-0.4, -0.2) is 32.1 Å². The van der Waals surface area contributed by atoms with Crippen molar-refractivity contribution in [2.45, 2.75) is 38.1 Å². The largest absolute Gasteiger partial charge is 0.394 e. The zero-order chi connectivity index (χ0) is 14.8. The molecule has 0 unspecified atom stereocenters. The van der Waals surface area contributed by atoms with Gasteiger partial charge in [-0.1, -0.05) is 18.5 Å². The lowest BCUT2D eigenvalue weighted by atomic mass is 9.77. The van der Waals surface area contributed by atoms with Crippen molar-refractivity contribution in [1.82, 2.24) is 9.97 Å².